The lowest BCUT2D eigenvalue weighted by molar-refractivity contribution is 0.105. The zero-order chi connectivity index (χ0) is 15.1. The number of aliphatic hydroxyl groups excluding tert-OH is 1. The van der Waals surface area contributed by atoms with Gasteiger partial charge in [-0.2, -0.15) is 10.2 Å². The molecule has 0 aliphatic rings. The standard InChI is InChI=1S/C14H16N4O3/c1-10-17-14(21-18-10)8-16-7-12(19)9-20-13-4-2-11(6-15)3-5-13/h2-5,12,16,19H,7-9H2,1H3. The maximum Gasteiger partial charge on any atom is 0.240 e. The molecule has 2 aromatic rings. The summed E-state index contributed by atoms with van der Waals surface area (Å²) in [6.45, 7) is 2.64. The number of hydrogen-bond acceptors (Lipinski definition) is 7. The largest absolute Gasteiger partial charge is 0.491 e. The molecule has 21 heavy (non-hydrogen) atoms. The van der Waals surface area contributed by atoms with E-state index in [1.54, 1.807) is 31.2 Å². The van der Waals surface area contributed by atoms with E-state index in [1.807, 2.05) is 6.07 Å². The number of aryl methyl sites for hydroxylation is 1. The van der Waals surface area contributed by atoms with E-state index >= 15 is 0 Å². The van der Waals surface area contributed by atoms with Gasteiger partial charge in [0, 0.05) is 6.54 Å². The second-order valence-electron chi connectivity index (χ2n) is 4.47. The average molecular weight is 288 g/mol. The van der Waals surface area contributed by atoms with E-state index in [0.717, 1.165) is 0 Å². The molecule has 1 heterocycles. The molecule has 1 aromatic carbocycles. The molecular weight excluding hydrogens is 272 g/mol. The number of nitrogens with one attached hydrogen (secondary N) is 1. The summed E-state index contributed by atoms with van der Waals surface area (Å²) in [6, 6.07) is 8.75. The summed E-state index contributed by atoms with van der Waals surface area (Å²) in [5.74, 6) is 1.67. The second-order valence-corrected chi connectivity index (χ2v) is 4.47. The lowest BCUT2D eigenvalue weighted by Gasteiger charge is -2.12. The molecule has 1 atom stereocenters. The second kappa shape index (κ2) is 7.38. The number of rotatable bonds is 7. The highest BCUT2D eigenvalue weighted by atomic mass is 16.5. The van der Waals surface area contributed by atoms with Crippen LogP contribution in [0.4, 0.5) is 0 Å². The third-order valence-electron chi connectivity index (χ3n) is 2.65. The Bertz CT molecular complexity index is 603. The van der Waals surface area contributed by atoms with E-state index in [0.29, 0.717) is 36.1 Å². The molecule has 0 spiro atoms. The molecule has 110 valence electrons. The first-order valence-electron chi connectivity index (χ1n) is 6.48. The summed E-state index contributed by atoms with van der Waals surface area (Å²) in [5.41, 5.74) is 0.569. The minimum Gasteiger partial charge on any atom is -0.491 e. The SMILES string of the molecule is Cc1noc(CNCC(O)COc2ccc(C#N)cc2)n1. The first kappa shape index (κ1) is 15.0. The van der Waals surface area contributed by atoms with Gasteiger partial charge in [0.15, 0.2) is 5.82 Å². The summed E-state index contributed by atoms with van der Waals surface area (Å²) in [5, 5.41) is 25.1. The van der Waals surface area contributed by atoms with Crippen LogP contribution in [-0.4, -0.2) is 34.5 Å². The molecule has 0 aliphatic carbocycles. The first-order chi connectivity index (χ1) is 10.2. The maximum atomic E-state index is 9.79. The predicted octanol–water partition coefficient (Wildman–Crippen LogP) is 0.779. The Kier molecular flexibility index (Phi) is 5.26. The van der Waals surface area contributed by atoms with Gasteiger partial charge in [0.1, 0.15) is 18.5 Å². The molecule has 7 nitrogen and oxygen atoms in total. The van der Waals surface area contributed by atoms with Gasteiger partial charge in [0.05, 0.1) is 18.2 Å². The number of nitrogens with zero attached hydrogens (tertiary/aromatic N) is 3. The Morgan fingerprint density at radius 1 is 1.43 bits per heavy atom. The van der Waals surface area contributed by atoms with Gasteiger partial charge < -0.3 is 19.7 Å². The molecule has 7 heteroatoms. The lowest BCUT2D eigenvalue weighted by Crippen LogP contribution is -2.31. The quantitative estimate of drug-likeness (QED) is 0.775. The summed E-state index contributed by atoms with van der Waals surface area (Å²) in [7, 11) is 0. The fourth-order valence-corrected chi connectivity index (χ4v) is 1.63. The number of benzene rings is 1. The fraction of sp³-hybridized carbons (Fsp3) is 0.357. The Labute approximate surface area is 122 Å². The topological polar surface area (TPSA) is 104 Å². The van der Waals surface area contributed by atoms with Gasteiger partial charge in [-0.1, -0.05) is 5.16 Å². The van der Waals surface area contributed by atoms with Crippen LogP contribution in [0.2, 0.25) is 0 Å². The molecule has 0 amide bonds. The number of hydrogen-bond donors (Lipinski definition) is 2. The van der Waals surface area contributed by atoms with Crippen LogP contribution in [0.25, 0.3) is 0 Å². The van der Waals surface area contributed by atoms with Crippen LogP contribution in [0.3, 0.4) is 0 Å². The van der Waals surface area contributed by atoms with Crippen molar-refractivity contribution >= 4 is 0 Å². The zero-order valence-corrected chi connectivity index (χ0v) is 11.6. The van der Waals surface area contributed by atoms with Crippen molar-refractivity contribution in [1.82, 2.24) is 15.5 Å². The van der Waals surface area contributed by atoms with Crippen molar-refractivity contribution in [1.29, 1.82) is 5.26 Å². The molecule has 0 fully saturated rings. The lowest BCUT2D eigenvalue weighted by atomic mass is 10.2. The third-order valence-corrected chi connectivity index (χ3v) is 2.65. The van der Waals surface area contributed by atoms with E-state index in [4.69, 9.17) is 14.5 Å². The molecule has 0 saturated heterocycles. The minimum absolute atomic E-state index is 0.155. The predicted molar refractivity (Wildman–Crippen MR) is 73.4 cm³/mol. The van der Waals surface area contributed by atoms with Gasteiger partial charge in [0.25, 0.3) is 0 Å². The normalized spacial score (nSPS) is 11.9. The molecule has 0 bridgehead atoms. The van der Waals surface area contributed by atoms with E-state index in [-0.39, 0.29) is 6.61 Å². The van der Waals surface area contributed by atoms with Crippen LogP contribution in [0.1, 0.15) is 17.3 Å². The van der Waals surface area contributed by atoms with Crippen molar-refractivity contribution in [3.63, 3.8) is 0 Å². The summed E-state index contributed by atoms with van der Waals surface area (Å²) < 4.78 is 10.4. The smallest absolute Gasteiger partial charge is 0.240 e. The van der Waals surface area contributed by atoms with Gasteiger partial charge >= 0.3 is 0 Å². The van der Waals surface area contributed by atoms with Gasteiger partial charge in [-0.05, 0) is 31.2 Å². The van der Waals surface area contributed by atoms with Crippen LogP contribution < -0.4 is 10.1 Å². The summed E-state index contributed by atoms with van der Waals surface area (Å²) in [4.78, 5) is 4.04. The number of ether oxygens (including phenoxy) is 1. The first-order valence-corrected chi connectivity index (χ1v) is 6.48. The van der Waals surface area contributed by atoms with Crippen molar-refractivity contribution in [2.45, 2.75) is 19.6 Å². The van der Waals surface area contributed by atoms with Crippen molar-refractivity contribution in [2.24, 2.45) is 0 Å². The Hall–Kier alpha value is -2.43. The van der Waals surface area contributed by atoms with Crippen molar-refractivity contribution in [2.75, 3.05) is 13.2 Å². The molecule has 1 unspecified atom stereocenters. The molecule has 2 rings (SSSR count). The number of nitriles is 1. The molecule has 2 N–H and O–H groups in total. The van der Waals surface area contributed by atoms with Crippen LogP contribution in [0.5, 0.6) is 5.75 Å². The monoisotopic (exact) mass is 288 g/mol. The number of aromatic nitrogens is 2. The molecular formula is C14H16N4O3. The summed E-state index contributed by atoms with van der Waals surface area (Å²) >= 11 is 0. The minimum atomic E-state index is -0.662. The van der Waals surface area contributed by atoms with E-state index in [1.165, 1.54) is 0 Å². The van der Waals surface area contributed by atoms with Crippen molar-refractivity contribution in [3.05, 3.63) is 41.5 Å². The van der Waals surface area contributed by atoms with E-state index < -0.39 is 6.10 Å². The fourth-order valence-electron chi connectivity index (χ4n) is 1.63. The zero-order valence-electron chi connectivity index (χ0n) is 11.6. The molecule has 0 aliphatic heterocycles. The highest BCUT2D eigenvalue weighted by molar-refractivity contribution is 5.34. The molecule has 0 radical (unpaired) electrons. The summed E-state index contributed by atoms with van der Waals surface area (Å²) in [6.07, 6.45) is -0.662. The highest BCUT2D eigenvalue weighted by Gasteiger charge is 2.07. The Morgan fingerprint density at radius 2 is 2.19 bits per heavy atom. The number of aliphatic hydroxyl groups is 1. The average Bonchev–Trinajstić information content (AvgIpc) is 2.91. The Morgan fingerprint density at radius 3 is 2.81 bits per heavy atom. The van der Waals surface area contributed by atoms with Gasteiger partial charge in [0.2, 0.25) is 5.89 Å². The van der Waals surface area contributed by atoms with Crippen LogP contribution in [-0.2, 0) is 6.54 Å². The van der Waals surface area contributed by atoms with Gasteiger partial charge in [-0.15, -0.1) is 0 Å². The van der Waals surface area contributed by atoms with Crippen LogP contribution in [0.15, 0.2) is 28.8 Å². The maximum absolute atomic E-state index is 9.79. The van der Waals surface area contributed by atoms with Crippen LogP contribution >= 0.6 is 0 Å². The molecule has 0 saturated carbocycles. The van der Waals surface area contributed by atoms with Crippen molar-refractivity contribution < 1.29 is 14.4 Å². The molecule has 1 aromatic heterocycles. The van der Waals surface area contributed by atoms with Gasteiger partial charge in [-0.25, -0.2) is 0 Å². The Balaban J connectivity index is 1.67. The van der Waals surface area contributed by atoms with Crippen molar-refractivity contribution in [3.8, 4) is 11.8 Å². The van der Waals surface area contributed by atoms with E-state index in [9.17, 15) is 5.11 Å². The van der Waals surface area contributed by atoms with E-state index in [2.05, 4.69) is 15.5 Å². The third kappa shape index (κ3) is 4.87. The van der Waals surface area contributed by atoms with Gasteiger partial charge in [-0.3, -0.25) is 0 Å². The highest BCUT2D eigenvalue weighted by Crippen LogP contribution is 2.11. The van der Waals surface area contributed by atoms with Crippen LogP contribution in [0, 0.1) is 18.3 Å².